The first-order chi connectivity index (χ1) is 9.88. The molecule has 20 heavy (non-hydrogen) atoms. The minimum absolute atomic E-state index is 0.602. The van der Waals surface area contributed by atoms with Crippen LogP contribution in [0.15, 0.2) is 36.4 Å². The van der Waals surface area contributed by atoms with Gasteiger partial charge in [-0.25, -0.2) is 0 Å². The van der Waals surface area contributed by atoms with Crippen LogP contribution in [0.3, 0.4) is 0 Å². The number of nitrogens with zero attached hydrogens (tertiary/aromatic N) is 3. The molecule has 0 spiro atoms. The fourth-order valence-corrected chi connectivity index (χ4v) is 3.45. The van der Waals surface area contributed by atoms with Crippen molar-refractivity contribution in [3.8, 4) is 0 Å². The van der Waals surface area contributed by atoms with Crippen molar-refractivity contribution in [1.82, 2.24) is 9.27 Å². The molecular weight excluding hydrogens is 290 g/mol. The second-order valence-corrected chi connectivity index (χ2v) is 6.03. The Balaban J connectivity index is 1.65. The highest BCUT2D eigenvalue weighted by molar-refractivity contribution is 7.13. The minimum atomic E-state index is 0.602. The van der Waals surface area contributed by atoms with Crippen molar-refractivity contribution in [2.45, 2.75) is 0 Å². The molecule has 1 aliphatic heterocycles. The van der Waals surface area contributed by atoms with Crippen LogP contribution in [0.1, 0.15) is 0 Å². The topological polar surface area (TPSA) is 19.4 Å². The van der Waals surface area contributed by atoms with Crippen molar-refractivity contribution >= 4 is 39.0 Å². The number of anilines is 1. The number of aromatic nitrogens is 1. The third kappa shape index (κ3) is 2.97. The molecule has 106 valence electrons. The zero-order chi connectivity index (χ0) is 13.8. The maximum Gasteiger partial charge on any atom is 0.150 e. The lowest BCUT2D eigenvalue weighted by atomic mass is 10.2. The van der Waals surface area contributed by atoms with E-state index in [1.54, 1.807) is 11.5 Å². The summed E-state index contributed by atoms with van der Waals surface area (Å²) < 4.78 is 5.91. The van der Waals surface area contributed by atoms with E-state index in [0.29, 0.717) is 5.88 Å². The number of piperazine rings is 1. The Hall–Kier alpha value is -1.10. The Kier molecular flexibility index (Phi) is 4.55. The fraction of sp³-hybridized carbons (Fsp3) is 0.400. The number of hydrogen-bond acceptors (Lipinski definition) is 4. The first-order valence-corrected chi connectivity index (χ1v) is 8.22. The van der Waals surface area contributed by atoms with Crippen LogP contribution in [0.5, 0.6) is 0 Å². The molecule has 0 radical (unpaired) electrons. The molecule has 0 N–H and O–H groups in total. The van der Waals surface area contributed by atoms with Gasteiger partial charge in [0.25, 0.3) is 0 Å². The quantitative estimate of drug-likeness (QED) is 0.639. The van der Waals surface area contributed by atoms with Crippen LogP contribution in [0.25, 0.3) is 10.1 Å². The van der Waals surface area contributed by atoms with Gasteiger partial charge in [0.1, 0.15) is 5.82 Å². The molecule has 1 saturated heterocycles. The van der Waals surface area contributed by atoms with E-state index >= 15 is 0 Å². The number of rotatable bonds is 4. The largest absolute Gasteiger partial charge is 0.353 e. The lowest BCUT2D eigenvalue weighted by Gasteiger charge is -2.34. The summed E-state index contributed by atoms with van der Waals surface area (Å²) in [6.07, 6.45) is 4.17. The summed E-state index contributed by atoms with van der Waals surface area (Å²) in [6, 6.07) is 8.48. The molecular formula is C15H18ClN3S. The zero-order valence-corrected chi connectivity index (χ0v) is 12.9. The molecule has 1 aromatic carbocycles. The maximum absolute atomic E-state index is 5.64. The van der Waals surface area contributed by atoms with Crippen LogP contribution < -0.4 is 4.90 Å². The van der Waals surface area contributed by atoms with Gasteiger partial charge in [-0.3, -0.25) is 4.90 Å². The van der Waals surface area contributed by atoms with Crippen LogP contribution in [0, 0.1) is 0 Å². The molecule has 1 aromatic heterocycles. The molecule has 5 heteroatoms. The average Bonchev–Trinajstić information content (AvgIpc) is 2.92. The van der Waals surface area contributed by atoms with Gasteiger partial charge in [0.15, 0.2) is 0 Å². The number of halogens is 1. The monoisotopic (exact) mass is 307 g/mol. The molecule has 0 aliphatic carbocycles. The van der Waals surface area contributed by atoms with Gasteiger partial charge in [-0.1, -0.05) is 24.3 Å². The molecule has 2 heterocycles. The smallest absolute Gasteiger partial charge is 0.150 e. The molecule has 2 aromatic rings. The lowest BCUT2D eigenvalue weighted by Crippen LogP contribution is -2.46. The molecule has 0 atom stereocenters. The Morgan fingerprint density at radius 2 is 1.95 bits per heavy atom. The summed E-state index contributed by atoms with van der Waals surface area (Å²) in [5, 5.41) is 1.29. The van der Waals surface area contributed by atoms with Gasteiger partial charge in [0, 0.05) is 44.0 Å². The molecule has 0 bridgehead atoms. The Bertz CT molecular complexity index is 588. The van der Waals surface area contributed by atoms with Crippen molar-refractivity contribution in [2.24, 2.45) is 0 Å². The SMILES string of the molecule is ClC/C=C/CN1CCN(c2nsc3ccccc23)CC1. The Labute approximate surface area is 128 Å². The van der Waals surface area contributed by atoms with Gasteiger partial charge >= 0.3 is 0 Å². The molecule has 0 unspecified atom stereocenters. The van der Waals surface area contributed by atoms with Crippen molar-refractivity contribution in [3.05, 3.63) is 36.4 Å². The maximum atomic E-state index is 5.64. The number of benzene rings is 1. The molecule has 1 aliphatic rings. The molecule has 3 nitrogen and oxygen atoms in total. The van der Waals surface area contributed by atoms with E-state index in [2.05, 4.69) is 44.5 Å². The zero-order valence-electron chi connectivity index (χ0n) is 11.3. The first-order valence-electron chi connectivity index (χ1n) is 6.91. The van der Waals surface area contributed by atoms with Gasteiger partial charge in [-0.15, -0.1) is 11.6 Å². The third-order valence-electron chi connectivity index (χ3n) is 3.65. The van der Waals surface area contributed by atoms with Crippen molar-refractivity contribution in [2.75, 3.05) is 43.5 Å². The molecule has 1 fully saturated rings. The van der Waals surface area contributed by atoms with E-state index < -0.39 is 0 Å². The van der Waals surface area contributed by atoms with Gasteiger partial charge in [-0.2, -0.15) is 4.37 Å². The highest BCUT2D eigenvalue weighted by Gasteiger charge is 2.19. The Morgan fingerprint density at radius 3 is 2.75 bits per heavy atom. The third-order valence-corrected chi connectivity index (χ3v) is 4.64. The summed E-state index contributed by atoms with van der Waals surface area (Å²) in [6.45, 7) is 5.25. The van der Waals surface area contributed by atoms with Crippen LogP contribution in [-0.4, -0.2) is 47.9 Å². The number of alkyl halides is 1. The normalized spacial score (nSPS) is 17.4. The standard InChI is InChI=1S/C15H18ClN3S/c16-7-3-4-8-18-9-11-19(12-10-18)15-13-5-1-2-6-14(13)20-17-15/h1-6H,7-12H2/b4-3+. The van der Waals surface area contributed by atoms with Crippen LogP contribution in [-0.2, 0) is 0 Å². The van der Waals surface area contributed by atoms with Crippen molar-refractivity contribution in [3.63, 3.8) is 0 Å². The highest BCUT2D eigenvalue weighted by Crippen LogP contribution is 2.29. The van der Waals surface area contributed by atoms with Crippen LogP contribution in [0.2, 0.25) is 0 Å². The van der Waals surface area contributed by atoms with E-state index in [9.17, 15) is 0 Å². The summed E-state index contributed by atoms with van der Waals surface area (Å²) in [5.41, 5.74) is 0. The highest BCUT2D eigenvalue weighted by atomic mass is 35.5. The van der Waals surface area contributed by atoms with Gasteiger partial charge in [-0.05, 0) is 23.7 Å². The lowest BCUT2D eigenvalue weighted by molar-refractivity contribution is 0.283. The molecule has 0 amide bonds. The number of hydrogen-bond donors (Lipinski definition) is 0. The summed E-state index contributed by atoms with van der Waals surface area (Å²) in [7, 11) is 0. The van der Waals surface area contributed by atoms with E-state index in [1.165, 1.54) is 10.1 Å². The van der Waals surface area contributed by atoms with Gasteiger partial charge < -0.3 is 4.90 Å². The summed E-state index contributed by atoms with van der Waals surface area (Å²) in [5.74, 6) is 1.76. The van der Waals surface area contributed by atoms with E-state index in [0.717, 1.165) is 38.5 Å². The summed E-state index contributed by atoms with van der Waals surface area (Å²) >= 11 is 7.24. The number of allylic oxidation sites excluding steroid dienone is 1. The van der Waals surface area contributed by atoms with E-state index in [-0.39, 0.29) is 0 Å². The van der Waals surface area contributed by atoms with Crippen molar-refractivity contribution in [1.29, 1.82) is 0 Å². The predicted octanol–water partition coefficient (Wildman–Crippen LogP) is 3.21. The number of fused-ring (bicyclic) bond motifs is 1. The second kappa shape index (κ2) is 6.57. The minimum Gasteiger partial charge on any atom is -0.353 e. The fourth-order valence-electron chi connectivity index (χ4n) is 2.53. The molecule has 3 rings (SSSR count). The van der Waals surface area contributed by atoms with Crippen LogP contribution >= 0.6 is 23.1 Å². The molecule has 0 saturated carbocycles. The van der Waals surface area contributed by atoms with E-state index in [4.69, 9.17) is 11.6 Å². The Morgan fingerprint density at radius 1 is 1.15 bits per heavy atom. The van der Waals surface area contributed by atoms with Gasteiger partial charge in [0.05, 0.1) is 4.70 Å². The predicted molar refractivity (Wildman–Crippen MR) is 88.1 cm³/mol. The van der Waals surface area contributed by atoms with Crippen molar-refractivity contribution < 1.29 is 0 Å². The van der Waals surface area contributed by atoms with Crippen LogP contribution in [0.4, 0.5) is 5.82 Å². The average molecular weight is 308 g/mol. The second-order valence-electron chi connectivity index (χ2n) is 4.92. The first kappa shape index (κ1) is 13.9. The van der Waals surface area contributed by atoms with E-state index in [1.807, 2.05) is 6.08 Å². The van der Waals surface area contributed by atoms with Gasteiger partial charge in [0.2, 0.25) is 0 Å². The summed E-state index contributed by atoms with van der Waals surface area (Å²) in [4.78, 5) is 4.86.